The van der Waals surface area contributed by atoms with E-state index in [0.29, 0.717) is 0 Å². The third kappa shape index (κ3) is 15.2. The molecular formula is C32H46. The molecule has 0 N–H and O–H groups in total. The smallest absolute Gasteiger partial charge is 0.0201 e. The number of allylic oxidation sites excluding steroid dienone is 11. The van der Waals surface area contributed by atoms with Crippen LogP contribution < -0.4 is 0 Å². The van der Waals surface area contributed by atoms with Gasteiger partial charge in [0, 0.05) is 0 Å². The molecular weight excluding hydrogens is 384 g/mol. The topological polar surface area (TPSA) is 0 Å². The SMILES string of the molecule is C=C(C)CCC1CC1.C=C/C=C\C(=C(C)C)C(=C\C)/C=C(\C)C(=C)C.Cc1ccccc1. The van der Waals surface area contributed by atoms with Crippen molar-refractivity contribution in [2.24, 2.45) is 5.92 Å². The van der Waals surface area contributed by atoms with Gasteiger partial charge in [-0.1, -0.05) is 109 Å². The summed E-state index contributed by atoms with van der Waals surface area (Å²) >= 11 is 0. The Morgan fingerprint density at radius 2 is 1.59 bits per heavy atom. The van der Waals surface area contributed by atoms with E-state index in [9.17, 15) is 0 Å². The van der Waals surface area contributed by atoms with Crippen molar-refractivity contribution in [3.8, 4) is 0 Å². The second kappa shape index (κ2) is 17.0. The van der Waals surface area contributed by atoms with Crippen LogP contribution >= 0.6 is 0 Å². The fourth-order valence-electron chi connectivity index (χ4n) is 2.78. The molecule has 1 aromatic rings. The highest BCUT2D eigenvalue weighted by Gasteiger charge is 2.19. The Morgan fingerprint density at radius 1 is 1.00 bits per heavy atom. The quantitative estimate of drug-likeness (QED) is 0.284. The first kappa shape index (κ1) is 29.4. The maximum atomic E-state index is 3.96. The van der Waals surface area contributed by atoms with Crippen LogP contribution in [0.2, 0.25) is 0 Å². The van der Waals surface area contributed by atoms with Crippen LogP contribution in [0.4, 0.5) is 0 Å². The summed E-state index contributed by atoms with van der Waals surface area (Å²) < 4.78 is 0. The van der Waals surface area contributed by atoms with Crippen LogP contribution in [-0.2, 0) is 0 Å². The zero-order chi connectivity index (χ0) is 24.5. The molecule has 32 heavy (non-hydrogen) atoms. The summed E-state index contributed by atoms with van der Waals surface area (Å²) in [6.07, 6.45) is 15.8. The third-order valence-electron chi connectivity index (χ3n) is 5.22. The predicted molar refractivity (Wildman–Crippen MR) is 148 cm³/mol. The van der Waals surface area contributed by atoms with Crippen molar-refractivity contribution in [2.45, 2.75) is 74.1 Å². The van der Waals surface area contributed by atoms with Crippen LogP contribution in [0.15, 0.2) is 114 Å². The summed E-state index contributed by atoms with van der Waals surface area (Å²) in [5.74, 6) is 1.08. The molecule has 1 aromatic carbocycles. The lowest BCUT2D eigenvalue weighted by Crippen LogP contribution is -1.89. The van der Waals surface area contributed by atoms with Crippen molar-refractivity contribution >= 4 is 0 Å². The maximum absolute atomic E-state index is 3.96. The third-order valence-corrected chi connectivity index (χ3v) is 5.22. The average molecular weight is 431 g/mol. The largest absolute Gasteiger partial charge is 0.100 e. The van der Waals surface area contributed by atoms with E-state index >= 15 is 0 Å². The Labute approximate surface area is 199 Å². The summed E-state index contributed by atoms with van der Waals surface area (Å²) in [7, 11) is 0. The summed E-state index contributed by atoms with van der Waals surface area (Å²) in [6.45, 7) is 26.1. The lowest BCUT2D eigenvalue weighted by molar-refractivity contribution is 0.723. The van der Waals surface area contributed by atoms with Gasteiger partial charge in [0.2, 0.25) is 0 Å². The molecule has 1 aliphatic carbocycles. The van der Waals surface area contributed by atoms with Gasteiger partial charge < -0.3 is 0 Å². The van der Waals surface area contributed by atoms with Gasteiger partial charge in [-0.15, -0.1) is 6.58 Å². The normalized spacial score (nSPS) is 13.3. The molecule has 174 valence electrons. The highest BCUT2D eigenvalue weighted by molar-refractivity contribution is 5.51. The number of hydrogen-bond donors (Lipinski definition) is 0. The van der Waals surface area contributed by atoms with Gasteiger partial charge in [-0.3, -0.25) is 0 Å². The van der Waals surface area contributed by atoms with E-state index in [1.165, 1.54) is 59.1 Å². The first-order valence-corrected chi connectivity index (χ1v) is 11.8. The summed E-state index contributed by atoms with van der Waals surface area (Å²) in [4.78, 5) is 0. The summed E-state index contributed by atoms with van der Waals surface area (Å²) in [5.41, 5.74) is 8.74. The molecule has 0 unspecified atom stereocenters. The van der Waals surface area contributed by atoms with Gasteiger partial charge >= 0.3 is 0 Å². The number of hydrogen-bond acceptors (Lipinski definition) is 0. The molecule has 2 rings (SSSR count). The molecule has 0 atom stereocenters. The van der Waals surface area contributed by atoms with E-state index in [2.05, 4.69) is 91.6 Å². The van der Waals surface area contributed by atoms with Gasteiger partial charge in [-0.2, -0.15) is 0 Å². The fraction of sp³-hybridized carbons (Fsp3) is 0.375. The summed E-state index contributed by atoms with van der Waals surface area (Å²) in [5, 5.41) is 0. The van der Waals surface area contributed by atoms with E-state index in [-0.39, 0.29) is 0 Å². The van der Waals surface area contributed by atoms with E-state index in [4.69, 9.17) is 0 Å². The number of rotatable bonds is 8. The van der Waals surface area contributed by atoms with Gasteiger partial charge in [0.1, 0.15) is 0 Å². The minimum Gasteiger partial charge on any atom is -0.100 e. The molecule has 1 saturated carbocycles. The highest BCUT2D eigenvalue weighted by atomic mass is 14.3. The standard InChI is InChI=1S/C17H24.C8H14.C7H8/c1-8-10-11-17(14(5)6)16(9-2)12-15(7)13(3)4;1-7(2)3-4-8-5-6-8;1-7-5-3-2-4-6-7/h8-12H,1,3H2,2,4-7H3;8H,1,3-6H2,2H3;2-6H,1H3/b11-10-,15-12+,16-9-;;. The molecule has 1 fully saturated rings. The van der Waals surface area contributed by atoms with Crippen LogP contribution in [0.3, 0.4) is 0 Å². The molecule has 0 spiro atoms. The van der Waals surface area contributed by atoms with Crippen molar-refractivity contribution in [3.05, 3.63) is 119 Å². The maximum Gasteiger partial charge on any atom is -0.0201 e. The molecule has 0 aromatic heterocycles. The molecule has 0 aliphatic heterocycles. The molecule has 0 radical (unpaired) electrons. The van der Waals surface area contributed by atoms with E-state index < -0.39 is 0 Å². The highest BCUT2D eigenvalue weighted by Crippen LogP contribution is 2.34. The Hall–Kier alpha value is -2.60. The van der Waals surface area contributed by atoms with Gasteiger partial charge in [-0.05, 0) is 83.9 Å². The molecule has 0 heteroatoms. The van der Waals surface area contributed by atoms with Crippen LogP contribution in [0.25, 0.3) is 0 Å². The monoisotopic (exact) mass is 430 g/mol. The number of aryl methyl sites for hydroxylation is 1. The molecule has 0 saturated heterocycles. The Balaban J connectivity index is 0.000000521. The average Bonchev–Trinajstić information content (AvgIpc) is 3.57. The number of benzene rings is 1. The zero-order valence-electron chi connectivity index (χ0n) is 21.8. The fourth-order valence-corrected chi connectivity index (χ4v) is 2.78. The molecule has 1 aliphatic rings. The minimum absolute atomic E-state index is 1.08. The first-order chi connectivity index (χ1) is 15.1. The van der Waals surface area contributed by atoms with Crippen LogP contribution in [0.1, 0.15) is 72.8 Å². The molecule has 0 bridgehead atoms. The Bertz CT molecular complexity index is 829. The molecule has 0 amide bonds. The molecule has 0 nitrogen and oxygen atoms in total. The lowest BCUT2D eigenvalue weighted by atomic mass is 9.97. The van der Waals surface area contributed by atoms with Crippen molar-refractivity contribution in [1.29, 1.82) is 0 Å². The lowest BCUT2D eigenvalue weighted by Gasteiger charge is -2.08. The van der Waals surface area contributed by atoms with Crippen molar-refractivity contribution < 1.29 is 0 Å². The van der Waals surface area contributed by atoms with Gasteiger partial charge in [-0.25, -0.2) is 0 Å². The van der Waals surface area contributed by atoms with E-state index in [1.807, 2.05) is 31.2 Å². The second-order valence-corrected chi connectivity index (χ2v) is 8.95. The van der Waals surface area contributed by atoms with Gasteiger partial charge in [0.05, 0.1) is 0 Å². The van der Waals surface area contributed by atoms with Crippen LogP contribution in [-0.4, -0.2) is 0 Å². The van der Waals surface area contributed by atoms with Crippen molar-refractivity contribution in [1.82, 2.24) is 0 Å². The van der Waals surface area contributed by atoms with Gasteiger partial charge in [0.15, 0.2) is 0 Å². The van der Waals surface area contributed by atoms with Crippen molar-refractivity contribution in [3.63, 3.8) is 0 Å². The predicted octanol–water partition coefficient (Wildman–Crippen LogP) is 10.3. The second-order valence-electron chi connectivity index (χ2n) is 8.95. The minimum atomic E-state index is 1.08. The van der Waals surface area contributed by atoms with Crippen LogP contribution in [0.5, 0.6) is 0 Å². The van der Waals surface area contributed by atoms with E-state index in [0.717, 1.165) is 11.5 Å². The Morgan fingerprint density at radius 3 is 1.94 bits per heavy atom. The molecule has 0 heterocycles. The van der Waals surface area contributed by atoms with E-state index in [1.54, 1.807) is 6.08 Å². The first-order valence-electron chi connectivity index (χ1n) is 11.8. The zero-order valence-corrected chi connectivity index (χ0v) is 21.8. The Kier molecular flexibility index (Phi) is 15.6. The van der Waals surface area contributed by atoms with Gasteiger partial charge in [0.25, 0.3) is 0 Å². The summed E-state index contributed by atoms with van der Waals surface area (Å²) in [6, 6.07) is 10.3. The van der Waals surface area contributed by atoms with Crippen LogP contribution in [0, 0.1) is 12.8 Å². The van der Waals surface area contributed by atoms with Crippen molar-refractivity contribution in [2.75, 3.05) is 0 Å².